The predicted octanol–water partition coefficient (Wildman–Crippen LogP) is 1.94. The van der Waals surface area contributed by atoms with Crippen LogP contribution < -0.4 is 9.80 Å². The smallest absolute Gasteiger partial charge is 0.410 e. The maximum absolute atomic E-state index is 12.2. The third-order valence-electron chi connectivity index (χ3n) is 4.85. The van der Waals surface area contributed by atoms with Gasteiger partial charge in [-0.25, -0.2) is 14.6 Å². The van der Waals surface area contributed by atoms with Crippen molar-refractivity contribution in [2.24, 2.45) is 0 Å². The van der Waals surface area contributed by atoms with Crippen molar-refractivity contribution in [1.29, 1.82) is 0 Å². The lowest BCUT2D eigenvalue weighted by Gasteiger charge is -2.37. The Kier molecular flexibility index (Phi) is 5.81. The highest BCUT2D eigenvalue weighted by molar-refractivity contribution is 5.68. The zero-order chi connectivity index (χ0) is 20.3. The Morgan fingerprint density at radius 1 is 0.893 bits per heavy atom. The minimum Gasteiger partial charge on any atom is -0.465 e. The number of carbonyl (C=O) groups excluding carboxylic acids is 1. The Hall–Kier alpha value is -2.71. The van der Waals surface area contributed by atoms with Crippen LogP contribution in [-0.2, 0) is 4.74 Å². The lowest BCUT2D eigenvalue weighted by Crippen LogP contribution is -2.50. The summed E-state index contributed by atoms with van der Waals surface area (Å²) in [6.07, 6.45) is -1.14. The molecule has 9 nitrogen and oxygen atoms in total. The van der Waals surface area contributed by atoms with Crippen LogP contribution in [0, 0.1) is 0 Å². The molecule has 9 heteroatoms. The van der Waals surface area contributed by atoms with Gasteiger partial charge in [0.05, 0.1) is 0 Å². The Morgan fingerprint density at radius 2 is 1.36 bits per heavy atom. The first-order chi connectivity index (χ1) is 13.2. The minimum absolute atomic E-state index is 0.273. The lowest BCUT2D eigenvalue weighted by molar-refractivity contribution is 0.0240. The second-order valence-electron chi connectivity index (χ2n) is 8.07. The van der Waals surface area contributed by atoms with Gasteiger partial charge >= 0.3 is 12.2 Å². The first-order valence-electron chi connectivity index (χ1n) is 9.66. The van der Waals surface area contributed by atoms with Crippen LogP contribution in [0.15, 0.2) is 18.2 Å². The van der Waals surface area contributed by atoms with Crippen molar-refractivity contribution in [1.82, 2.24) is 14.8 Å². The van der Waals surface area contributed by atoms with E-state index in [0.717, 1.165) is 11.6 Å². The molecule has 0 aliphatic carbocycles. The molecular weight excluding hydrogens is 362 g/mol. The van der Waals surface area contributed by atoms with Crippen LogP contribution >= 0.6 is 0 Å². The van der Waals surface area contributed by atoms with E-state index in [1.807, 2.05) is 39.0 Å². The van der Waals surface area contributed by atoms with E-state index in [1.165, 1.54) is 4.90 Å². The van der Waals surface area contributed by atoms with Crippen molar-refractivity contribution in [3.63, 3.8) is 0 Å². The van der Waals surface area contributed by atoms with Crippen molar-refractivity contribution in [2.45, 2.75) is 26.4 Å². The number of carboxylic acid groups (broad SMARTS) is 1. The van der Waals surface area contributed by atoms with Crippen LogP contribution in [0.25, 0.3) is 0 Å². The van der Waals surface area contributed by atoms with Gasteiger partial charge in [-0.15, -0.1) is 0 Å². The number of pyridine rings is 1. The molecule has 0 atom stereocenters. The van der Waals surface area contributed by atoms with Crippen LogP contribution in [0.3, 0.4) is 0 Å². The number of nitrogens with zero attached hydrogens (tertiary/aromatic N) is 5. The molecule has 1 N–H and O–H groups in total. The number of hydrogen-bond donors (Lipinski definition) is 1. The highest BCUT2D eigenvalue weighted by Gasteiger charge is 2.27. The Bertz CT molecular complexity index is 705. The summed E-state index contributed by atoms with van der Waals surface area (Å²) < 4.78 is 5.44. The SMILES string of the molecule is CC(C)(C)OC(=O)N1CCN(c2cccc(N3CCN(C(=O)O)CC3)n2)CC1. The van der Waals surface area contributed by atoms with Gasteiger partial charge < -0.3 is 29.4 Å². The summed E-state index contributed by atoms with van der Waals surface area (Å²) in [5.74, 6) is 1.74. The molecule has 2 aliphatic heterocycles. The number of carbonyl (C=O) groups is 2. The van der Waals surface area contributed by atoms with E-state index in [4.69, 9.17) is 14.8 Å². The molecule has 0 saturated carbocycles. The number of rotatable bonds is 2. The normalized spacial score (nSPS) is 18.2. The molecule has 2 aliphatic rings. The monoisotopic (exact) mass is 391 g/mol. The average molecular weight is 391 g/mol. The molecule has 3 heterocycles. The summed E-state index contributed by atoms with van der Waals surface area (Å²) in [7, 11) is 0. The fourth-order valence-electron chi connectivity index (χ4n) is 3.34. The lowest BCUT2D eigenvalue weighted by atomic mass is 10.2. The number of hydrogen-bond acceptors (Lipinski definition) is 6. The maximum atomic E-state index is 12.2. The summed E-state index contributed by atoms with van der Waals surface area (Å²) in [5, 5.41) is 9.08. The molecule has 0 bridgehead atoms. The van der Waals surface area contributed by atoms with Gasteiger partial charge in [-0.1, -0.05) is 6.07 Å². The van der Waals surface area contributed by atoms with Crippen LogP contribution in [0.4, 0.5) is 21.2 Å². The summed E-state index contributed by atoms with van der Waals surface area (Å²) in [4.78, 5) is 35.5. The Balaban J connectivity index is 1.57. The molecule has 1 aromatic rings. The second kappa shape index (κ2) is 8.12. The zero-order valence-electron chi connectivity index (χ0n) is 16.8. The van der Waals surface area contributed by atoms with Crippen LogP contribution in [0.2, 0.25) is 0 Å². The highest BCUT2D eigenvalue weighted by Crippen LogP contribution is 2.21. The number of amides is 2. The van der Waals surface area contributed by atoms with E-state index >= 15 is 0 Å². The third-order valence-corrected chi connectivity index (χ3v) is 4.85. The van der Waals surface area contributed by atoms with E-state index in [2.05, 4.69) is 9.80 Å². The fraction of sp³-hybridized carbons (Fsp3) is 0.632. The molecule has 28 heavy (non-hydrogen) atoms. The summed E-state index contributed by atoms with van der Waals surface area (Å²) in [6, 6.07) is 5.90. The van der Waals surface area contributed by atoms with E-state index in [9.17, 15) is 9.59 Å². The van der Waals surface area contributed by atoms with Gasteiger partial charge in [0.15, 0.2) is 0 Å². The van der Waals surface area contributed by atoms with Crippen molar-refractivity contribution >= 4 is 23.8 Å². The van der Waals surface area contributed by atoms with Crippen molar-refractivity contribution in [3.05, 3.63) is 18.2 Å². The first kappa shape index (κ1) is 20.0. The van der Waals surface area contributed by atoms with Gasteiger partial charge in [0.2, 0.25) is 0 Å². The molecule has 2 fully saturated rings. The molecular formula is C19H29N5O4. The molecule has 2 saturated heterocycles. The zero-order valence-corrected chi connectivity index (χ0v) is 16.8. The third kappa shape index (κ3) is 4.96. The quantitative estimate of drug-likeness (QED) is 0.824. The van der Waals surface area contributed by atoms with Gasteiger partial charge in [0, 0.05) is 52.4 Å². The molecule has 0 aromatic carbocycles. The average Bonchev–Trinajstić information content (AvgIpc) is 2.67. The highest BCUT2D eigenvalue weighted by atomic mass is 16.6. The minimum atomic E-state index is -0.871. The van der Waals surface area contributed by atoms with Gasteiger partial charge in [-0.3, -0.25) is 0 Å². The Morgan fingerprint density at radius 3 is 1.79 bits per heavy atom. The predicted molar refractivity (Wildman–Crippen MR) is 106 cm³/mol. The first-order valence-corrected chi connectivity index (χ1v) is 9.66. The molecule has 3 rings (SSSR count). The topological polar surface area (TPSA) is 89.5 Å². The van der Waals surface area contributed by atoms with E-state index in [-0.39, 0.29) is 6.09 Å². The van der Waals surface area contributed by atoms with E-state index in [1.54, 1.807) is 4.90 Å². The summed E-state index contributed by atoms with van der Waals surface area (Å²) >= 11 is 0. The Labute approximate surface area is 165 Å². The number of piperazine rings is 2. The fourth-order valence-corrected chi connectivity index (χ4v) is 3.34. The van der Waals surface area contributed by atoms with Gasteiger partial charge in [-0.05, 0) is 32.9 Å². The molecule has 154 valence electrons. The van der Waals surface area contributed by atoms with Crippen LogP contribution in [-0.4, -0.2) is 90.0 Å². The van der Waals surface area contributed by atoms with Crippen molar-refractivity contribution in [3.8, 4) is 0 Å². The molecule has 0 unspecified atom stereocenters. The van der Waals surface area contributed by atoms with Gasteiger partial charge in [0.1, 0.15) is 17.2 Å². The van der Waals surface area contributed by atoms with Crippen LogP contribution in [0.1, 0.15) is 20.8 Å². The summed E-state index contributed by atoms with van der Waals surface area (Å²) in [6.45, 7) is 10.4. The maximum Gasteiger partial charge on any atom is 0.410 e. The largest absolute Gasteiger partial charge is 0.465 e. The summed E-state index contributed by atoms with van der Waals surface area (Å²) in [5.41, 5.74) is -0.491. The van der Waals surface area contributed by atoms with Gasteiger partial charge in [-0.2, -0.15) is 0 Å². The number of anilines is 2. The standard InChI is InChI=1S/C19H29N5O4/c1-19(2,3)28-18(27)24-13-9-22(10-14-24)16-6-4-5-15(20-16)21-7-11-23(12-8-21)17(25)26/h4-6H,7-14H2,1-3H3,(H,25,26). The van der Waals surface area contributed by atoms with E-state index < -0.39 is 11.7 Å². The van der Waals surface area contributed by atoms with Gasteiger partial charge in [0.25, 0.3) is 0 Å². The van der Waals surface area contributed by atoms with Crippen LogP contribution in [0.5, 0.6) is 0 Å². The molecule has 0 spiro atoms. The second-order valence-corrected chi connectivity index (χ2v) is 8.07. The molecule has 2 amide bonds. The van der Waals surface area contributed by atoms with E-state index in [0.29, 0.717) is 52.4 Å². The number of ether oxygens (including phenoxy) is 1. The van der Waals surface area contributed by atoms with Crippen molar-refractivity contribution < 1.29 is 19.4 Å². The molecule has 0 radical (unpaired) electrons. The molecule has 1 aromatic heterocycles. The number of aromatic nitrogens is 1. The van der Waals surface area contributed by atoms with Crippen molar-refractivity contribution in [2.75, 3.05) is 62.2 Å².